The maximum Gasteiger partial charge on any atom is 0.224 e. The summed E-state index contributed by atoms with van der Waals surface area (Å²) in [6.07, 6.45) is 3.50. The van der Waals surface area contributed by atoms with Crippen molar-refractivity contribution in [3.63, 3.8) is 0 Å². The molecule has 0 saturated heterocycles. The second kappa shape index (κ2) is 6.41. The van der Waals surface area contributed by atoms with Crippen LogP contribution in [0, 0.1) is 0 Å². The van der Waals surface area contributed by atoms with Gasteiger partial charge in [-0.05, 0) is 49.4 Å². The fraction of sp³-hybridized carbons (Fsp3) is 0.375. The van der Waals surface area contributed by atoms with Crippen molar-refractivity contribution in [2.24, 2.45) is 0 Å². The van der Waals surface area contributed by atoms with Crippen molar-refractivity contribution >= 4 is 11.6 Å². The van der Waals surface area contributed by atoms with Crippen molar-refractivity contribution < 1.29 is 9.47 Å². The van der Waals surface area contributed by atoms with Crippen LogP contribution in [0.4, 0.5) is 0 Å². The van der Waals surface area contributed by atoms with Gasteiger partial charge in [0.25, 0.3) is 0 Å². The molecule has 0 unspecified atom stereocenters. The average Bonchev–Trinajstić information content (AvgIpc) is 2.92. The lowest BCUT2D eigenvalue weighted by atomic mass is 10.1. The summed E-state index contributed by atoms with van der Waals surface area (Å²) in [5.41, 5.74) is 2.78. The molecule has 1 aromatic heterocycles. The Morgan fingerprint density at radius 3 is 2.86 bits per heavy atom. The second-order valence-corrected chi connectivity index (χ2v) is 5.36. The first-order valence-electron chi connectivity index (χ1n) is 7.15. The average molecular weight is 305 g/mol. The molecule has 0 bridgehead atoms. The van der Waals surface area contributed by atoms with Gasteiger partial charge >= 0.3 is 0 Å². The number of hydrogen-bond acceptors (Lipinski definition) is 4. The Bertz CT molecular complexity index is 646. The van der Waals surface area contributed by atoms with Gasteiger partial charge in [-0.3, -0.25) is 0 Å². The van der Waals surface area contributed by atoms with Crippen LogP contribution in [0.1, 0.15) is 30.3 Å². The largest absolute Gasteiger partial charge is 0.439 e. The summed E-state index contributed by atoms with van der Waals surface area (Å²) < 4.78 is 11.1. The van der Waals surface area contributed by atoms with Crippen LogP contribution in [0.25, 0.3) is 0 Å². The Labute approximate surface area is 129 Å². The van der Waals surface area contributed by atoms with Gasteiger partial charge in [-0.25, -0.2) is 4.98 Å². The SMILES string of the molecule is CCOCc1nc(Cl)cc(Oc2ccc3c(c2)CCC3)n1. The normalized spacial score (nSPS) is 13.2. The van der Waals surface area contributed by atoms with Gasteiger partial charge in [-0.15, -0.1) is 0 Å². The van der Waals surface area contributed by atoms with E-state index < -0.39 is 0 Å². The fourth-order valence-electron chi connectivity index (χ4n) is 2.48. The summed E-state index contributed by atoms with van der Waals surface area (Å²) >= 11 is 6.00. The molecule has 1 aliphatic carbocycles. The summed E-state index contributed by atoms with van der Waals surface area (Å²) in [5, 5.41) is 0.357. The third kappa shape index (κ3) is 3.52. The van der Waals surface area contributed by atoms with Gasteiger partial charge in [-0.2, -0.15) is 4.98 Å². The van der Waals surface area contributed by atoms with Crippen LogP contribution in [0.15, 0.2) is 24.3 Å². The van der Waals surface area contributed by atoms with Crippen molar-refractivity contribution in [3.8, 4) is 11.6 Å². The summed E-state index contributed by atoms with van der Waals surface area (Å²) in [4.78, 5) is 8.44. The van der Waals surface area contributed by atoms with Crippen LogP contribution in [-0.4, -0.2) is 16.6 Å². The summed E-state index contributed by atoms with van der Waals surface area (Å²) in [6, 6.07) is 7.80. The molecule has 110 valence electrons. The maximum absolute atomic E-state index is 6.00. The van der Waals surface area contributed by atoms with Gasteiger partial charge in [0.1, 0.15) is 17.5 Å². The van der Waals surface area contributed by atoms with Gasteiger partial charge in [0, 0.05) is 12.7 Å². The van der Waals surface area contributed by atoms with E-state index in [1.807, 2.05) is 13.0 Å². The number of aromatic nitrogens is 2. The van der Waals surface area contributed by atoms with E-state index in [1.54, 1.807) is 6.07 Å². The first-order chi connectivity index (χ1) is 10.2. The molecular formula is C16H17ClN2O2. The fourth-order valence-corrected chi connectivity index (χ4v) is 2.68. The molecule has 0 amide bonds. The summed E-state index contributed by atoms with van der Waals surface area (Å²) in [7, 11) is 0. The lowest BCUT2D eigenvalue weighted by Crippen LogP contribution is -2.01. The molecule has 1 heterocycles. The monoisotopic (exact) mass is 304 g/mol. The van der Waals surface area contributed by atoms with E-state index in [0.29, 0.717) is 30.1 Å². The number of ether oxygens (including phenoxy) is 2. The number of halogens is 1. The van der Waals surface area contributed by atoms with Gasteiger partial charge in [-0.1, -0.05) is 17.7 Å². The Balaban J connectivity index is 1.79. The lowest BCUT2D eigenvalue weighted by molar-refractivity contribution is 0.128. The molecule has 0 aliphatic heterocycles. The van der Waals surface area contributed by atoms with E-state index in [4.69, 9.17) is 21.1 Å². The topological polar surface area (TPSA) is 44.2 Å². The number of hydrogen-bond donors (Lipinski definition) is 0. The summed E-state index contributed by atoms with van der Waals surface area (Å²) in [6.45, 7) is 2.86. The molecule has 0 atom stereocenters. The zero-order valence-corrected chi connectivity index (χ0v) is 12.7. The van der Waals surface area contributed by atoms with E-state index in [1.165, 1.54) is 17.5 Å². The highest BCUT2D eigenvalue weighted by atomic mass is 35.5. The van der Waals surface area contributed by atoms with E-state index in [9.17, 15) is 0 Å². The molecule has 2 aromatic rings. The predicted molar refractivity (Wildman–Crippen MR) is 80.9 cm³/mol. The second-order valence-electron chi connectivity index (χ2n) is 4.97. The van der Waals surface area contributed by atoms with Gasteiger partial charge in [0.2, 0.25) is 5.88 Å². The molecule has 1 aromatic carbocycles. The van der Waals surface area contributed by atoms with E-state index in [2.05, 4.69) is 22.1 Å². The van der Waals surface area contributed by atoms with Gasteiger partial charge in [0.05, 0.1) is 0 Å². The van der Waals surface area contributed by atoms with Crippen LogP contribution in [0.2, 0.25) is 5.15 Å². The van der Waals surface area contributed by atoms with E-state index in [0.717, 1.165) is 18.6 Å². The summed E-state index contributed by atoms with van der Waals surface area (Å²) in [5.74, 6) is 1.76. The van der Waals surface area contributed by atoms with E-state index >= 15 is 0 Å². The van der Waals surface area contributed by atoms with Crippen molar-refractivity contribution in [2.45, 2.75) is 32.8 Å². The highest BCUT2D eigenvalue weighted by Gasteiger charge is 2.12. The van der Waals surface area contributed by atoms with Crippen molar-refractivity contribution in [3.05, 3.63) is 46.4 Å². The minimum atomic E-state index is 0.331. The molecular weight excluding hydrogens is 288 g/mol. The molecule has 0 fully saturated rings. The first-order valence-corrected chi connectivity index (χ1v) is 7.53. The number of benzene rings is 1. The standard InChI is InChI=1S/C16H17ClN2O2/c1-2-20-10-15-18-14(17)9-16(19-15)21-13-7-6-11-4-3-5-12(11)8-13/h6-9H,2-5,10H2,1H3. The number of nitrogens with zero attached hydrogens (tertiary/aromatic N) is 2. The Morgan fingerprint density at radius 2 is 2.00 bits per heavy atom. The zero-order valence-electron chi connectivity index (χ0n) is 11.9. The Hall–Kier alpha value is -1.65. The molecule has 0 N–H and O–H groups in total. The van der Waals surface area contributed by atoms with Crippen molar-refractivity contribution in [1.82, 2.24) is 9.97 Å². The van der Waals surface area contributed by atoms with Crippen LogP contribution in [0.3, 0.4) is 0 Å². The van der Waals surface area contributed by atoms with Crippen molar-refractivity contribution in [2.75, 3.05) is 6.61 Å². The predicted octanol–water partition coefficient (Wildman–Crippen LogP) is 3.95. The van der Waals surface area contributed by atoms with Crippen LogP contribution >= 0.6 is 11.6 Å². The molecule has 3 rings (SSSR count). The van der Waals surface area contributed by atoms with Gasteiger partial charge in [0.15, 0.2) is 5.82 Å². The van der Waals surface area contributed by atoms with Crippen LogP contribution in [0.5, 0.6) is 11.6 Å². The molecule has 4 nitrogen and oxygen atoms in total. The smallest absolute Gasteiger partial charge is 0.224 e. The molecule has 21 heavy (non-hydrogen) atoms. The molecule has 0 radical (unpaired) electrons. The molecule has 5 heteroatoms. The Kier molecular flexibility index (Phi) is 4.36. The third-order valence-corrected chi connectivity index (χ3v) is 3.64. The minimum Gasteiger partial charge on any atom is -0.439 e. The molecule has 0 spiro atoms. The maximum atomic E-state index is 6.00. The number of aryl methyl sites for hydroxylation is 2. The zero-order chi connectivity index (χ0) is 14.7. The highest BCUT2D eigenvalue weighted by Crippen LogP contribution is 2.28. The quantitative estimate of drug-likeness (QED) is 0.785. The third-order valence-electron chi connectivity index (χ3n) is 3.45. The van der Waals surface area contributed by atoms with E-state index in [-0.39, 0.29) is 0 Å². The van der Waals surface area contributed by atoms with Gasteiger partial charge < -0.3 is 9.47 Å². The van der Waals surface area contributed by atoms with Crippen molar-refractivity contribution in [1.29, 1.82) is 0 Å². The molecule has 0 saturated carbocycles. The highest BCUT2D eigenvalue weighted by molar-refractivity contribution is 6.29. The lowest BCUT2D eigenvalue weighted by Gasteiger charge is -2.08. The first kappa shape index (κ1) is 14.3. The molecule has 1 aliphatic rings. The minimum absolute atomic E-state index is 0.331. The van der Waals surface area contributed by atoms with Crippen LogP contribution < -0.4 is 4.74 Å². The number of fused-ring (bicyclic) bond motifs is 1. The number of rotatable bonds is 5. The Morgan fingerprint density at radius 1 is 1.14 bits per heavy atom. The van der Waals surface area contributed by atoms with Crippen LogP contribution in [-0.2, 0) is 24.2 Å².